The summed E-state index contributed by atoms with van der Waals surface area (Å²) in [5.74, 6) is -2.65. The van der Waals surface area contributed by atoms with E-state index >= 15 is 0 Å². The number of ether oxygens (including phenoxy) is 2. The highest BCUT2D eigenvalue weighted by atomic mass is 32.2. The largest absolute Gasteiger partial charge is 0.491 e. The summed E-state index contributed by atoms with van der Waals surface area (Å²) in [5.41, 5.74) is -4.25. The molecule has 3 fully saturated rings. The maximum atomic E-state index is 14.8. The number of pyridine rings is 1. The predicted molar refractivity (Wildman–Crippen MR) is 208 cm³/mol. The Morgan fingerprint density at radius 1 is 1.07 bits per heavy atom. The summed E-state index contributed by atoms with van der Waals surface area (Å²) in [6.45, 7) is 8.91. The Bertz CT molecular complexity index is 2060. The lowest BCUT2D eigenvalue weighted by atomic mass is 9.88. The van der Waals surface area contributed by atoms with Gasteiger partial charge in [0.1, 0.15) is 35.0 Å². The van der Waals surface area contributed by atoms with Gasteiger partial charge < -0.3 is 30.3 Å². The van der Waals surface area contributed by atoms with Gasteiger partial charge in [-0.3, -0.25) is 19.1 Å². The molecule has 1 aromatic heterocycles. The zero-order chi connectivity index (χ0) is 42.4. The number of amides is 5. The molecule has 3 heterocycles. The highest BCUT2D eigenvalue weighted by Gasteiger charge is 2.62. The molecule has 0 bridgehead atoms. The highest BCUT2D eigenvalue weighted by molar-refractivity contribution is 7.91. The van der Waals surface area contributed by atoms with Crippen LogP contribution < -0.4 is 30.1 Å². The van der Waals surface area contributed by atoms with E-state index in [2.05, 4.69) is 20.3 Å². The maximum Gasteiger partial charge on any atom is 0.411 e. The number of halogens is 3. The molecule has 2 aliphatic heterocycles. The van der Waals surface area contributed by atoms with Crippen molar-refractivity contribution in [1.29, 1.82) is 0 Å². The zero-order valence-corrected chi connectivity index (χ0v) is 34.3. The van der Waals surface area contributed by atoms with Crippen LogP contribution in [0, 0.1) is 17.8 Å². The fourth-order valence-electron chi connectivity index (χ4n) is 7.76. The fraction of sp³-hybridized carbons (Fsp3) is 0.625. The molecule has 58 heavy (non-hydrogen) atoms. The monoisotopic (exact) mass is 834 g/mol. The minimum atomic E-state index is -4.80. The number of fused-ring (bicyclic) bond motifs is 3. The van der Waals surface area contributed by atoms with E-state index < -0.39 is 86.3 Å². The standard InChI is InChI=1S/C40H53F3N6O8S/c1-22(2)56-27-11-14-30-25(18-27)15-16-44-34(30)57-28-19-31-33(50)46-39(36(52)48-58(54,55)29-12-13-29)20-26(39)10-8-7-9-23(3)17-24(4)32(35(51)49(31)21-28)45-37(53)47-38(5,6)40(41,42)43/h8,10-11,14-16,18,22-24,26,28-29,31-32H,7,9,12-13,17,19-21H2,1-6H3,(H,46,50)(H,48,52)(H2,45,47,53). The smallest absolute Gasteiger partial charge is 0.411 e. The molecule has 7 atom stereocenters. The van der Waals surface area contributed by atoms with Gasteiger partial charge in [0.2, 0.25) is 27.7 Å². The number of allylic oxidation sites excluding steroid dienone is 1. The maximum absolute atomic E-state index is 14.8. The Balaban J connectivity index is 1.34. The highest BCUT2D eigenvalue weighted by Crippen LogP contribution is 2.46. The first-order valence-electron chi connectivity index (χ1n) is 19.8. The SMILES string of the molecule is CC1CCC=CC2CC2(C(=O)NS(=O)(=O)C2CC2)NC(=O)C2CC(Oc3nccc4cc(OC(C)C)ccc34)CN2C(=O)C(NC(=O)NC(C)(C)C(F)(F)F)C(C)C1. The van der Waals surface area contributed by atoms with Gasteiger partial charge in [0, 0.05) is 23.9 Å². The topological polar surface area (TPSA) is 185 Å². The fourth-order valence-corrected chi connectivity index (χ4v) is 9.12. The van der Waals surface area contributed by atoms with Crippen LogP contribution in [-0.4, -0.2) is 95.4 Å². The van der Waals surface area contributed by atoms with Crippen LogP contribution in [0.3, 0.4) is 0 Å². The van der Waals surface area contributed by atoms with Crippen LogP contribution in [0.25, 0.3) is 10.8 Å². The number of nitrogens with one attached hydrogen (secondary N) is 4. The average Bonchev–Trinajstić information content (AvgIpc) is 4.04. The van der Waals surface area contributed by atoms with E-state index in [0.717, 1.165) is 19.2 Å². The summed E-state index contributed by atoms with van der Waals surface area (Å²) in [5, 5.41) is 7.93. The van der Waals surface area contributed by atoms with Crippen molar-refractivity contribution >= 4 is 44.5 Å². The first kappa shape index (κ1) is 43.0. The lowest BCUT2D eigenvalue weighted by Crippen LogP contribution is -2.62. The minimum absolute atomic E-state index is 0.0124. The van der Waals surface area contributed by atoms with E-state index in [9.17, 15) is 40.8 Å². The van der Waals surface area contributed by atoms with Gasteiger partial charge in [-0.2, -0.15) is 13.2 Å². The summed E-state index contributed by atoms with van der Waals surface area (Å²) in [4.78, 5) is 61.9. The van der Waals surface area contributed by atoms with Gasteiger partial charge >= 0.3 is 12.2 Å². The Morgan fingerprint density at radius 2 is 1.79 bits per heavy atom. The molecule has 18 heteroatoms. The molecule has 7 unspecified atom stereocenters. The third-order valence-electron chi connectivity index (χ3n) is 11.4. The molecule has 318 valence electrons. The molecular formula is C40H53F3N6O8S. The van der Waals surface area contributed by atoms with Crippen molar-refractivity contribution in [1.82, 2.24) is 30.6 Å². The van der Waals surface area contributed by atoms with Crippen LogP contribution >= 0.6 is 0 Å². The number of benzene rings is 1. The molecule has 1 aromatic carbocycles. The third-order valence-corrected chi connectivity index (χ3v) is 13.2. The van der Waals surface area contributed by atoms with Gasteiger partial charge in [-0.1, -0.05) is 26.0 Å². The Kier molecular flexibility index (Phi) is 12.0. The van der Waals surface area contributed by atoms with E-state index in [-0.39, 0.29) is 37.3 Å². The number of aromatic nitrogens is 1. The minimum Gasteiger partial charge on any atom is -0.491 e. The molecule has 6 rings (SSSR count). The Hall–Kier alpha value is -4.61. The lowest BCUT2D eigenvalue weighted by molar-refractivity contribution is -0.182. The average molecular weight is 835 g/mol. The van der Waals surface area contributed by atoms with Crippen LogP contribution in [0.15, 0.2) is 42.6 Å². The molecule has 0 radical (unpaired) electrons. The van der Waals surface area contributed by atoms with Crippen LogP contribution in [0.2, 0.25) is 0 Å². The van der Waals surface area contributed by atoms with Crippen LogP contribution in [0.5, 0.6) is 11.6 Å². The van der Waals surface area contributed by atoms with E-state index in [4.69, 9.17) is 9.47 Å². The van der Waals surface area contributed by atoms with Crippen LogP contribution in [-0.2, 0) is 24.4 Å². The first-order valence-corrected chi connectivity index (χ1v) is 21.4. The van der Waals surface area contributed by atoms with Crippen molar-refractivity contribution in [3.8, 4) is 11.6 Å². The molecule has 5 amide bonds. The van der Waals surface area contributed by atoms with E-state index in [0.29, 0.717) is 43.2 Å². The zero-order valence-electron chi connectivity index (χ0n) is 33.5. The predicted octanol–water partition coefficient (Wildman–Crippen LogP) is 4.87. The number of hydrogen-bond donors (Lipinski definition) is 4. The van der Waals surface area contributed by atoms with Crippen LogP contribution in [0.4, 0.5) is 18.0 Å². The summed E-state index contributed by atoms with van der Waals surface area (Å²) < 4.78 is 81.5. The number of carbonyl (C=O) groups excluding carboxylic acids is 4. The normalized spacial score (nSPS) is 28.4. The van der Waals surface area contributed by atoms with E-state index in [1.54, 1.807) is 37.4 Å². The summed E-state index contributed by atoms with van der Waals surface area (Å²) in [7, 11) is -3.97. The lowest BCUT2D eigenvalue weighted by Gasteiger charge is -2.34. The first-order chi connectivity index (χ1) is 27.1. The van der Waals surface area contributed by atoms with Crippen molar-refractivity contribution in [2.24, 2.45) is 17.8 Å². The second-order valence-corrected chi connectivity index (χ2v) is 19.1. The number of nitrogens with zero attached hydrogens (tertiary/aromatic N) is 2. The van der Waals surface area contributed by atoms with Crippen LogP contribution in [0.1, 0.15) is 86.5 Å². The van der Waals surface area contributed by atoms with Gasteiger partial charge in [-0.15, -0.1) is 0 Å². The molecule has 2 saturated carbocycles. The quantitative estimate of drug-likeness (QED) is 0.256. The molecule has 4 aliphatic rings. The number of carbonyl (C=O) groups is 4. The second kappa shape index (κ2) is 16.2. The summed E-state index contributed by atoms with van der Waals surface area (Å²) in [6.07, 6.45) is 1.97. The molecular weight excluding hydrogens is 782 g/mol. The van der Waals surface area contributed by atoms with Crippen molar-refractivity contribution in [2.45, 2.75) is 133 Å². The van der Waals surface area contributed by atoms with Gasteiger partial charge in [0.15, 0.2) is 0 Å². The van der Waals surface area contributed by atoms with Gasteiger partial charge in [-0.25, -0.2) is 18.2 Å². The van der Waals surface area contributed by atoms with Gasteiger partial charge in [-0.05, 0) is 108 Å². The van der Waals surface area contributed by atoms with Crippen molar-refractivity contribution in [3.63, 3.8) is 0 Å². The number of hydrogen-bond acceptors (Lipinski definition) is 9. The molecule has 0 spiro atoms. The van der Waals surface area contributed by atoms with Crippen molar-refractivity contribution in [3.05, 3.63) is 42.6 Å². The van der Waals surface area contributed by atoms with Crippen molar-refractivity contribution < 1.29 is 50.2 Å². The third kappa shape index (κ3) is 9.47. The van der Waals surface area contributed by atoms with Gasteiger partial charge in [0.25, 0.3) is 5.91 Å². The molecule has 14 nitrogen and oxygen atoms in total. The molecule has 2 aromatic rings. The molecule has 2 aliphatic carbocycles. The molecule has 1 saturated heterocycles. The number of urea groups is 1. The Morgan fingerprint density at radius 3 is 2.47 bits per heavy atom. The van der Waals surface area contributed by atoms with Gasteiger partial charge in [0.05, 0.1) is 17.9 Å². The number of rotatable bonds is 9. The Labute approximate surface area is 336 Å². The molecule has 4 N–H and O–H groups in total. The number of sulfonamides is 1. The second-order valence-electron chi connectivity index (χ2n) is 17.1. The number of alkyl halides is 3. The van der Waals surface area contributed by atoms with Crippen molar-refractivity contribution in [2.75, 3.05) is 6.54 Å². The van der Waals surface area contributed by atoms with E-state index in [1.807, 2.05) is 38.2 Å². The van der Waals surface area contributed by atoms with E-state index in [1.165, 1.54) is 4.90 Å². The summed E-state index contributed by atoms with van der Waals surface area (Å²) in [6, 6.07) is 3.28. The summed E-state index contributed by atoms with van der Waals surface area (Å²) >= 11 is 0.